The fourth-order valence-corrected chi connectivity index (χ4v) is 8.75. The highest BCUT2D eigenvalue weighted by molar-refractivity contribution is 5.74. The molecule has 3 rings (SSSR count). The second-order valence-corrected chi connectivity index (χ2v) is 19.6. The molecular formula is C47H81N3O34. The van der Waals surface area contributed by atoms with Crippen molar-refractivity contribution in [3.05, 3.63) is 0 Å². The summed E-state index contributed by atoms with van der Waals surface area (Å²) in [7, 11) is 2.27. The fraction of sp³-hybridized carbons (Fsp3) is 0.872. The molecule has 18 unspecified atom stereocenters. The maximum Gasteiger partial charge on any atom is 0.335 e. The monoisotopic (exact) mass is 1230 g/mol. The van der Waals surface area contributed by atoms with Gasteiger partial charge in [-0.25, -0.2) is 14.4 Å². The summed E-state index contributed by atoms with van der Waals surface area (Å²) < 4.78 is 71.0. The van der Waals surface area contributed by atoms with E-state index in [1.165, 1.54) is 14.0 Å². The van der Waals surface area contributed by atoms with Crippen LogP contribution in [0.4, 0.5) is 0 Å². The normalized spacial score (nSPS) is 32.6. The maximum absolute atomic E-state index is 12.4. The number of carbonyl (C=O) groups is 6. The number of nitrogens with one attached hydrogen (secondary N) is 3. The summed E-state index contributed by atoms with van der Waals surface area (Å²) >= 11 is 0. The molecule has 25 atom stereocenters. The second kappa shape index (κ2) is 33.8. The fourth-order valence-electron chi connectivity index (χ4n) is 8.75. The number of carboxylic acids is 3. The van der Waals surface area contributed by atoms with Crippen LogP contribution in [0.5, 0.6) is 0 Å². The number of aliphatic carboxylic acids is 3. The lowest BCUT2D eigenvalue weighted by Gasteiger charge is -2.46. The minimum Gasteiger partial charge on any atom is -0.479 e. The molecule has 0 bridgehead atoms. The van der Waals surface area contributed by atoms with E-state index >= 15 is 0 Å². The van der Waals surface area contributed by atoms with Gasteiger partial charge in [-0.05, 0) is 20.8 Å². The number of hydrogen-bond acceptors (Lipinski definition) is 31. The summed E-state index contributed by atoms with van der Waals surface area (Å²) in [6.45, 7) is 1.40. The van der Waals surface area contributed by atoms with Crippen molar-refractivity contribution < 1.29 is 167 Å². The van der Waals surface area contributed by atoms with Crippen molar-refractivity contribution in [1.82, 2.24) is 16.0 Å². The zero-order valence-corrected chi connectivity index (χ0v) is 46.9. The van der Waals surface area contributed by atoms with Gasteiger partial charge in [0.2, 0.25) is 29.3 Å². The molecule has 3 heterocycles. The van der Waals surface area contributed by atoms with E-state index < -0.39 is 241 Å². The number of aliphatic hydroxyl groups is 12. The highest BCUT2D eigenvalue weighted by Gasteiger charge is 2.57. The van der Waals surface area contributed by atoms with Crippen LogP contribution in [0.15, 0.2) is 0 Å². The van der Waals surface area contributed by atoms with Crippen LogP contribution in [-0.4, -0.2) is 319 Å². The van der Waals surface area contributed by atoms with Gasteiger partial charge in [-0.1, -0.05) is 0 Å². The first kappa shape index (κ1) is 74.1. The van der Waals surface area contributed by atoms with Crippen LogP contribution >= 0.6 is 0 Å². The highest BCUT2D eigenvalue weighted by Crippen LogP contribution is 2.37. The summed E-state index contributed by atoms with van der Waals surface area (Å²) in [6, 6.07) is 0. The summed E-state index contributed by atoms with van der Waals surface area (Å²) in [5.41, 5.74) is 0. The summed E-state index contributed by atoms with van der Waals surface area (Å²) in [5, 5.41) is 170. The van der Waals surface area contributed by atoms with Crippen LogP contribution in [0.2, 0.25) is 0 Å². The third-order valence-electron chi connectivity index (χ3n) is 13.2. The van der Waals surface area contributed by atoms with Crippen molar-refractivity contribution in [3.63, 3.8) is 0 Å². The summed E-state index contributed by atoms with van der Waals surface area (Å²) in [4.78, 5) is 72.6. The van der Waals surface area contributed by atoms with Gasteiger partial charge in [-0.15, -0.1) is 0 Å². The molecule has 3 aliphatic rings. The van der Waals surface area contributed by atoms with Crippen molar-refractivity contribution in [3.8, 4) is 0 Å². The molecule has 0 aliphatic carbocycles. The predicted octanol–water partition coefficient (Wildman–Crippen LogP) is -9.47. The Balaban J connectivity index is 1.88. The largest absolute Gasteiger partial charge is 0.479 e. The van der Waals surface area contributed by atoms with Gasteiger partial charge in [0.15, 0.2) is 68.3 Å². The molecule has 0 spiro atoms. The Labute approximate surface area is 479 Å². The van der Waals surface area contributed by atoms with Crippen LogP contribution in [0, 0.1) is 0 Å². The van der Waals surface area contributed by atoms with Gasteiger partial charge in [0, 0.05) is 67.5 Å². The standard InChI is InChI=1S/C47H81N3O34/c1-17(54)48-11-25(79-43-35(61)34(60)36(73-8)37(82-43)42(68)69)31(57)29(15-52)75-21(5)83-47(71)10-24(41(66)67)78-45(39(47)63)81-27(13-50-19(3)56)33(59)30(16-53)76-22(6)84-46(70)9-23(40(64)65)77-44(38(46)62)80-26(12-49-18(2)55)32(58)28(14-51)74-20(4)72-7/h20-39,43-45,51-53,57-63,70-71H,9-16H2,1-8H3,(H,48,54)(H,49,55)(H,50,56)(H,64,65)(H,66,67)(H,68,69)/t20?,21?,22?,23?,24?,25?,26?,27?,28?,29?,30?,31-,32-,33-,34?,35?,36-,37?,38?,39?,43+,44-,45-,46?,47?/m0/s1. The molecule has 37 nitrogen and oxygen atoms in total. The Morgan fingerprint density at radius 3 is 1.13 bits per heavy atom. The predicted molar refractivity (Wildman–Crippen MR) is 265 cm³/mol. The van der Waals surface area contributed by atoms with Gasteiger partial charge in [-0.3, -0.25) is 14.4 Å². The molecule has 3 aliphatic heterocycles. The van der Waals surface area contributed by atoms with E-state index in [0.29, 0.717) is 0 Å². The molecule has 0 saturated carbocycles. The Morgan fingerprint density at radius 2 is 0.845 bits per heavy atom. The Hall–Kier alpha value is -4.18. The number of hydrogen-bond donors (Lipinski definition) is 18. The van der Waals surface area contributed by atoms with E-state index in [9.17, 15) is 105 Å². The molecular weight excluding hydrogens is 1150 g/mol. The van der Waals surface area contributed by atoms with Gasteiger partial charge in [0.25, 0.3) is 0 Å². The van der Waals surface area contributed by atoms with Gasteiger partial charge in [0.05, 0.1) is 19.8 Å². The van der Waals surface area contributed by atoms with E-state index in [1.807, 2.05) is 0 Å². The second-order valence-electron chi connectivity index (χ2n) is 19.6. The van der Waals surface area contributed by atoms with Crippen LogP contribution in [0.3, 0.4) is 0 Å². The Morgan fingerprint density at radius 1 is 0.512 bits per heavy atom. The lowest BCUT2D eigenvalue weighted by atomic mass is 9.97. The van der Waals surface area contributed by atoms with Crippen molar-refractivity contribution in [1.29, 1.82) is 0 Å². The third kappa shape index (κ3) is 20.7. The summed E-state index contributed by atoms with van der Waals surface area (Å²) in [6.07, 6.45) is -47.3. The molecule has 0 aromatic heterocycles. The molecule has 488 valence electrons. The minimum absolute atomic E-state index is 0.579. The number of methoxy groups -OCH3 is 2. The number of amides is 3. The molecule has 84 heavy (non-hydrogen) atoms. The smallest absolute Gasteiger partial charge is 0.335 e. The van der Waals surface area contributed by atoms with E-state index in [1.54, 1.807) is 0 Å². The lowest BCUT2D eigenvalue weighted by Crippen LogP contribution is -2.64. The first-order valence-electron chi connectivity index (χ1n) is 26.0. The molecule has 3 amide bonds. The van der Waals surface area contributed by atoms with E-state index in [0.717, 1.165) is 41.7 Å². The SMILES string of the molecule is COC(C)OC(CO)[C@@H](O)C(CNC(C)=O)O[C@@H]1OC(C(=O)O)CC(O)(OC(C)OC(CO)[C@@H](O)C(CNC(C)=O)O[C@@H]2OC(C(=O)O)CC(O)(OC(C)OC(CO)[C@@H](O)C(CNC(C)=O)O[C@@H]3OC(C(=O)O)[C@@H](OC)C(O)C3O)C2O)C1O. The molecule has 3 saturated heterocycles. The Kier molecular flexibility index (Phi) is 29.8. The molecule has 3 fully saturated rings. The average molecular weight is 1230 g/mol. The molecule has 0 radical (unpaired) electrons. The number of carbonyl (C=O) groups excluding carboxylic acids is 3. The molecule has 0 aromatic carbocycles. The van der Waals surface area contributed by atoms with Crippen molar-refractivity contribution in [2.24, 2.45) is 0 Å². The quantitative estimate of drug-likeness (QED) is 0.0259. The first-order chi connectivity index (χ1) is 39.2. The maximum atomic E-state index is 12.4. The number of aliphatic hydroxyl groups excluding tert-OH is 10. The van der Waals surface area contributed by atoms with Crippen molar-refractivity contribution in [2.45, 2.75) is 207 Å². The van der Waals surface area contributed by atoms with Gasteiger partial charge in [0.1, 0.15) is 73.2 Å². The lowest BCUT2D eigenvalue weighted by molar-refractivity contribution is -0.402. The first-order valence-corrected chi connectivity index (χ1v) is 26.0. The average Bonchev–Trinajstić information content (AvgIpc) is 1.30. The van der Waals surface area contributed by atoms with Crippen molar-refractivity contribution >= 4 is 35.6 Å². The number of ether oxygens (including phenoxy) is 13. The zero-order chi connectivity index (χ0) is 63.7. The molecule has 18 N–H and O–H groups in total. The minimum atomic E-state index is -3.12. The van der Waals surface area contributed by atoms with Crippen LogP contribution in [0.1, 0.15) is 54.4 Å². The zero-order valence-electron chi connectivity index (χ0n) is 46.9. The Bertz CT molecular complexity index is 2090. The third-order valence-corrected chi connectivity index (χ3v) is 13.2. The molecule has 37 heteroatoms. The van der Waals surface area contributed by atoms with Crippen molar-refractivity contribution in [2.75, 3.05) is 53.7 Å². The van der Waals surface area contributed by atoms with Gasteiger partial charge in [-0.2, -0.15) is 0 Å². The van der Waals surface area contributed by atoms with E-state index in [2.05, 4.69) is 16.0 Å². The topological polar surface area (TPSA) is 562 Å². The van der Waals surface area contributed by atoms with E-state index in [-0.39, 0.29) is 0 Å². The van der Waals surface area contributed by atoms with E-state index in [4.69, 9.17) is 61.6 Å². The summed E-state index contributed by atoms with van der Waals surface area (Å²) in [5.74, 6) is -13.5. The highest BCUT2D eigenvalue weighted by atomic mass is 16.8. The number of carboxylic acid groups (broad SMARTS) is 3. The molecule has 0 aromatic rings. The van der Waals surface area contributed by atoms with Crippen LogP contribution in [-0.2, 0) is 90.3 Å². The van der Waals surface area contributed by atoms with Crippen LogP contribution in [0.25, 0.3) is 0 Å². The van der Waals surface area contributed by atoms with Crippen LogP contribution < -0.4 is 16.0 Å². The van der Waals surface area contributed by atoms with Gasteiger partial charge < -0.3 is 154 Å². The number of rotatable bonds is 36. The van der Waals surface area contributed by atoms with Gasteiger partial charge >= 0.3 is 17.9 Å².